The second-order valence-electron chi connectivity index (χ2n) is 7.18. The second-order valence-corrected chi connectivity index (χ2v) is 8.04. The number of likely N-dealkylation sites (tertiary alicyclic amines) is 1. The molecule has 0 spiro atoms. The van der Waals surface area contributed by atoms with Gasteiger partial charge in [0, 0.05) is 30.6 Å². The lowest BCUT2D eigenvalue weighted by Crippen LogP contribution is -2.42. The Labute approximate surface area is 152 Å². The van der Waals surface area contributed by atoms with Gasteiger partial charge in [-0.3, -0.25) is 0 Å². The Bertz CT molecular complexity index is 711. The summed E-state index contributed by atoms with van der Waals surface area (Å²) in [7, 11) is 0. The first kappa shape index (κ1) is 17.7. The minimum atomic E-state index is -0.468. The Morgan fingerprint density at radius 2 is 2.24 bits per heavy atom. The van der Waals surface area contributed by atoms with E-state index in [4.69, 9.17) is 4.74 Å². The van der Waals surface area contributed by atoms with Gasteiger partial charge in [-0.15, -0.1) is 11.3 Å². The standard InChI is InChI=1S/C18H24N4O2S/c1-18(2,3)24-17(23)22-10-6-7-13(11-22)14-12-25-16(20-14)21-15-8-4-5-9-19-15/h4-5,8-9,12-13H,6-7,10-11H2,1-3H3,(H,19,20,21)/t13-/m0/s1. The third kappa shape index (κ3) is 4.92. The van der Waals surface area contributed by atoms with Gasteiger partial charge in [-0.2, -0.15) is 0 Å². The smallest absolute Gasteiger partial charge is 0.410 e. The maximum atomic E-state index is 12.3. The first-order chi connectivity index (χ1) is 11.9. The third-order valence-corrected chi connectivity index (χ3v) is 4.69. The molecule has 0 unspecified atom stereocenters. The molecule has 0 aliphatic carbocycles. The lowest BCUT2D eigenvalue weighted by atomic mass is 9.96. The van der Waals surface area contributed by atoms with Crippen molar-refractivity contribution in [3.05, 3.63) is 35.5 Å². The van der Waals surface area contributed by atoms with Gasteiger partial charge in [0.05, 0.1) is 5.69 Å². The number of amides is 1. The van der Waals surface area contributed by atoms with Crippen molar-refractivity contribution in [3.63, 3.8) is 0 Å². The minimum Gasteiger partial charge on any atom is -0.444 e. The van der Waals surface area contributed by atoms with Gasteiger partial charge in [-0.25, -0.2) is 14.8 Å². The molecule has 1 aliphatic rings. The van der Waals surface area contributed by atoms with E-state index in [-0.39, 0.29) is 12.0 Å². The monoisotopic (exact) mass is 360 g/mol. The van der Waals surface area contributed by atoms with Crippen LogP contribution in [0.3, 0.4) is 0 Å². The number of hydrogen-bond acceptors (Lipinski definition) is 6. The van der Waals surface area contributed by atoms with Crippen molar-refractivity contribution < 1.29 is 9.53 Å². The summed E-state index contributed by atoms with van der Waals surface area (Å²) in [6, 6.07) is 5.72. The summed E-state index contributed by atoms with van der Waals surface area (Å²) in [5.41, 5.74) is 0.557. The highest BCUT2D eigenvalue weighted by atomic mass is 32.1. The van der Waals surface area contributed by atoms with Gasteiger partial charge < -0.3 is 15.0 Å². The zero-order chi connectivity index (χ0) is 17.9. The summed E-state index contributed by atoms with van der Waals surface area (Å²) in [6.45, 7) is 7.07. The number of ether oxygens (including phenoxy) is 1. The number of nitrogens with one attached hydrogen (secondary N) is 1. The Morgan fingerprint density at radius 3 is 2.96 bits per heavy atom. The van der Waals surface area contributed by atoms with Crippen LogP contribution in [0.2, 0.25) is 0 Å². The number of carbonyl (C=O) groups is 1. The van der Waals surface area contributed by atoms with Gasteiger partial charge >= 0.3 is 6.09 Å². The SMILES string of the molecule is CC(C)(C)OC(=O)N1CCC[C@H](c2csc(Nc3ccccn3)n2)C1. The van der Waals surface area contributed by atoms with Crippen LogP contribution in [0.15, 0.2) is 29.8 Å². The van der Waals surface area contributed by atoms with Crippen molar-refractivity contribution in [2.24, 2.45) is 0 Å². The Balaban J connectivity index is 1.63. The molecule has 134 valence electrons. The molecule has 2 aromatic heterocycles. The summed E-state index contributed by atoms with van der Waals surface area (Å²) < 4.78 is 5.49. The van der Waals surface area contributed by atoms with Gasteiger partial charge in [0.1, 0.15) is 11.4 Å². The van der Waals surface area contributed by atoms with E-state index in [1.54, 1.807) is 22.4 Å². The van der Waals surface area contributed by atoms with E-state index < -0.39 is 5.60 Å². The normalized spacial score (nSPS) is 18.0. The van der Waals surface area contributed by atoms with Crippen molar-refractivity contribution in [3.8, 4) is 0 Å². The molecular weight excluding hydrogens is 336 g/mol. The number of piperidine rings is 1. The Morgan fingerprint density at radius 1 is 1.40 bits per heavy atom. The first-order valence-electron chi connectivity index (χ1n) is 8.52. The number of hydrogen-bond donors (Lipinski definition) is 1. The zero-order valence-electron chi connectivity index (χ0n) is 14.9. The summed E-state index contributed by atoms with van der Waals surface area (Å²) in [4.78, 5) is 23.0. The Hall–Kier alpha value is -2.15. The van der Waals surface area contributed by atoms with Crippen LogP contribution in [-0.4, -0.2) is 39.7 Å². The second kappa shape index (κ2) is 7.39. The molecule has 7 heteroatoms. The molecule has 3 rings (SSSR count). The largest absolute Gasteiger partial charge is 0.444 e. The summed E-state index contributed by atoms with van der Waals surface area (Å²) in [5, 5.41) is 6.11. The van der Waals surface area contributed by atoms with E-state index in [0.29, 0.717) is 6.54 Å². The molecule has 1 atom stereocenters. The van der Waals surface area contributed by atoms with Crippen LogP contribution >= 0.6 is 11.3 Å². The fourth-order valence-corrected chi connectivity index (χ4v) is 3.59. The average molecular weight is 360 g/mol. The van der Waals surface area contributed by atoms with Gasteiger partial charge in [0.2, 0.25) is 0 Å². The van der Waals surface area contributed by atoms with Crippen LogP contribution in [0.4, 0.5) is 15.7 Å². The molecule has 0 aromatic carbocycles. The van der Waals surface area contributed by atoms with Crippen molar-refractivity contribution in [1.29, 1.82) is 0 Å². The molecule has 1 amide bonds. The Kier molecular flexibility index (Phi) is 5.22. The van der Waals surface area contributed by atoms with Gasteiger partial charge in [-0.05, 0) is 45.7 Å². The van der Waals surface area contributed by atoms with Gasteiger partial charge in [-0.1, -0.05) is 6.07 Å². The van der Waals surface area contributed by atoms with E-state index in [1.807, 2.05) is 39.0 Å². The molecule has 25 heavy (non-hydrogen) atoms. The van der Waals surface area contributed by atoms with Crippen LogP contribution < -0.4 is 5.32 Å². The van der Waals surface area contributed by atoms with E-state index in [9.17, 15) is 4.79 Å². The molecule has 1 fully saturated rings. The molecule has 2 aromatic rings. The van der Waals surface area contributed by atoms with Crippen molar-refractivity contribution in [2.75, 3.05) is 18.4 Å². The summed E-state index contributed by atoms with van der Waals surface area (Å²) >= 11 is 1.56. The molecule has 6 nitrogen and oxygen atoms in total. The van der Waals surface area contributed by atoms with Crippen LogP contribution in [0, 0.1) is 0 Å². The number of pyridine rings is 1. The fraction of sp³-hybridized carbons (Fsp3) is 0.500. The van der Waals surface area contributed by atoms with E-state index in [0.717, 1.165) is 36.0 Å². The van der Waals surface area contributed by atoms with E-state index in [2.05, 4.69) is 20.7 Å². The number of nitrogens with zero attached hydrogens (tertiary/aromatic N) is 3. The lowest BCUT2D eigenvalue weighted by Gasteiger charge is -2.33. The predicted molar refractivity (Wildman–Crippen MR) is 99.4 cm³/mol. The van der Waals surface area contributed by atoms with Gasteiger partial charge in [0.15, 0.2) is 5.13 Å². The number of anilines is 2. The fourth-order valence-electron chi connectivity index (χ4n) is 2.79. The molecule has 0 radical (unpaired) electrons. The van der Waals surface area contributed by atoms with E-state index >= 15 is 0 Å². The molecule has 1 N–H and O–H groups in total. The number of aromatic nitrogens is 2. The van der Waals surface area contributed by atoms with Crippen LogP contribution in [0.5, 0.6) is 0 Å². The number of rotatable bonds is 3. The molecule has 1 aliphatic heterocycles. The maximum absolute atomic E-state index is 12.3. The summed E-state index contributed by atoms with van der Waals surface area (Å²) in [6.07, 6.45) is 3.51. The summed E-state index contributed by atoms with van der Waals surface area (Å²) in [5.74, 6) is 1.03. The maximum Gasteiger partial charge on any atom is 0.410 e. The van der Waals surface area contributed by atoms with E-state index in [1.165, 1.54) is 0 Å². The third-order valence-electron chi connectivity index (χ3n) is 3.91. The molecule has 3 heterocycles. The molecular formula is C18H24N4O2S. The van der Waals surface area contributed by atoms with Crippen LogP contribution in [-0.2, 0) is 4.74 Å². The first-order valence-corrected chi connectivity index (χ1v) is 9.40. The minimum absolute atomic E-state index is 0.237. The molecule has 0 bridgehead atoms. The average Bonchev–Trinajstić information content (AvgIpc) is 3.03. The van der Waals surface area contributed by atoms with Crippen molar-refractivity contribution in [1.82, 2.24) is 14.9 Å². The zero-order valence-corrected chi connectivity index (χ0v) is 15.7. The highest BCUT2D eigenvalue weighted by Crippen LogP contribution is 2.31. The highest BCUT2D eigenvalue weighted by molar-refractivity contribution is 7.13. The van der Waals surface area contributed by atoms with Crippen LogP contribution in [0.25, 0.3) is 0 Å². The topological polar surface area (TPSA) is 67.3 Å². The molecule has 1 saturated heterocycles. The quantitative estimate of drug-likeness (QED) is 0.879. The lowest BCUT2D eigenvalue weighted by molar-refractivity contribution is 0.0197. The predicted octanol–water partition coefficient (Wildman–Crippen LogP) is 4.40. The van der Waals surface area contributed by atoms with Crippen molar-refractivity contribution >= 4 is 28.4 Å². The van der Waals surface area contributed by atoms with Gasteiger partial charge in [0.25, 0.3) is 0 Å². The molecule has 0 saturated carbocycles. The van der Waals surface area contributed by atoms with Crippen molar-refractivity contribution in [2.45, 2.75) is 45.1 Å². The number of thiazole rings is 1. The number of carbonyl (C=O) groups excluding carboxylic acids is 1. The highest BCUT2D eigenvalue weighted by Gasteiger charge is 2.29. The van der Waals surface area contributed by atoms with Crippen LogP contribution in [0.1, 0.15) is 45.2 Å².